The molecule has 6 nitrogen and oxygen atoms in total. The molecule has 1 amide bonds. The first kappa shape index (κ1) is 23.0. The van der Waals surface area contributed by atoms with Crippen molar-refractivity contribution in [1.29, 1.82) is 0 Å². The molecule has 3 aromatic rings. The van der Waals surface area contributed by atoms with Crippen molar-refractivity contribution in [3.05, 3.63) is 96.1 Å². The van der Waals surface area contributed by atoms with E-state index in [9.17, 15) is 13.2 Å². The van der Waals surface area contributed by atoms with Crippen LogP contribution in [0.1, 0.15) is 28.8 Å². The van der Waals surface area contributed by atoms with Crippen LogP contribution in [-0.2, 0) is 20.2 Å². The first-order valence-electron chi connectivity index (χ1n) is 11.0. The maximum absolute atomic E-state index is 13.3. The number of amides is 1. The zero-order chi connectivity index (χ0) is 23.3. The van der Waals surface area contributed by atoms with E-state index in [0.29, 0.717) is 31.0 Å². The van der Waals surface area contributed by atoms with Gasteiger partial charge in [0.2, 0.25) is 0 Å². The summed E-state index contributed by atoms with van der Waals surface area (Å²) in [6.45, 7) is 1.72. The third-order valence-corrected chi connectivity index (χ3v) is 8.10. The molecular formula is C26H28N2O4S. The van der Waals surface area contributed by atoms with E-state index >= 15 is 0 Å². The summed E-state index contributed by atoms with van der Waals surface area (Å²) in [4.78, 5) is 13.5. The highest BCUT2D eigenvalue weighted by molar-refractivity contribution is 7.92. The molecule has 3 aromatic carbocycles. The SMILES string of the molecule is CN(c1ccccc1C(=O)NCC1(c2ccccc2)CCOCC1)S(=O)(=O)c1ccccc1. The minimum Gasteiger partial charge on any atom is -0.381 e. The van der Waals surface area contributed by atoms with Crippen molar-refractivity contribution in [2.24, 2.45) is 0 Å². The second-order valence-electron chi connectivity index (χ2n) is 8.24. The van der Waals surface area contributed by atoms with Gasteiger partial charge in [0.25, 0.3) is 15.9 Å². The van der Waals surface area contributed by atoms with Crippen molar-refractivity contribution < 1.29 is 17.9 Å². The quantitative estimate of drug-likeness (QED) is 0.574. The van der Waals surface area contributed by atoms with Crippen molar-refractivity contribution in [1.82, 2.24) is 5.32 Å². The van der Waals surface area contributed by atoms with Crippen LogP contribution in [0.3, 0.4) is 0 Å². The third kappa shape index (κ3) is 4.79. The molecule has 0 aliphatic carbocycles. The second-order valence-corrected chi connectivity index (χ2v) is 10.2. The van der Waals surface area contributed by atoms with Crippen LogP contribution in [0.25, 0.3) is 0 Å². The van der Waals surface area contributed by atoms with Gasteiger partial charge in [-0.15, -0.1) is 0 Å². The number of carbonyl (C=O) groups excluding carboxylic acids is 1. The topological polar surface area (TPSA) is 75.7 Å². The zero-order valence-electron chi connectivity index (χ0n) is 18.6. The summed E-state index contributed by atoms with van der Waals surface area (Å²) in [5.41, 5.74) is 1.60. The molecule has 0 spiro atoms. The Morgan fingerprint density at radius 1 is 0.909 bits per heavy atom. The van der Waals surface area contributed by atoms with Crippen molar-refractivity contribution in [3.63, 3.8) is 0 Å². The normalized spacial score (nSPS) is 15.5. The molecule has 0 radical (unpaired) electrons. The lowest BCUT2D eigenvalue weighted by Gasteiger charge is -2.38. The molecule has 0 aromatic heterocycles. The smallest absolute Gasteiger partial charge is 0.264 e. The van der Waals surface area contributed by atoms with E-state index in [1.54, 1.807) is 54.6 Å². The zero-order valence-corrected chi connectivity index (χ0v) is 19.4. The van der Waals surface area contributed by atoms with Gasteiger partial charge in [-0.2, -0.15) is 0 Å². The van der Waals surface area contributed by atoms with Crippen molar-refractivity contribution >= 4 is 21.6 Å². The highest BCUT2D eigenvalue weighted by atomic mass is 32.2. The number of nitrogens with zero attached hydrogens (tertiary/aromatic N) is 1. The minimum atomic E-state index is -3.80. The highest BCUT2D eigenvalue weighted by Gasteiger charge is 2.35. The lowest BCUT2D eigenvalue weighted by atomic mass is 9.74. The van der Waals surface area contributed by atoms with Gasteiger partial charge >= 0.3 is 0 Å². The van der Waals surface area contributed by atoms with Crippen molar-refractivity contribution in [2.45, 2.75) is 23.2 Å². The van der Waals surface area contributed by atoms with E-state index in [2.05, 4.69) is 17.4 Å². The number of anilines is 1. The monoisotopic (exact) mass is 464 g/mol. The van der Waals surface area contributed by atoms with E-state index < -0.39 is 10.0 Å². The van der Waals surface area contributed by atoms with Crippen molar-refractivity contribution in [3.8, 4) is 0 Å². The maximum atomic E-state index is 13.3. The molecule has 172 valence electrons. The van der Waals surface area contributed by atoms with Gasteiger partial charge < -0.3 is 10.1 Å². The van der Waals surface area contributed by atoms with Crippen LogP contribution in [0.15, 0.2) is 89.8 Å². The summed E-state index contributed by atoms with van der Waals surface area (Å²) in [6.07, 6.45) is 1.61. The number of rotatable bonds is 7. The molecule has 1 aliphatic rings. The van der Waals surface area contributed by atoms with Crippen LogP contribution >= 0.6 is 0 Å². The van der Waals surface area contributed by atoms with E-state index in [4.69, 9.17) is 4.74 Å². The van der Waals surface area contributed by atoms with E-state index in [-0.39, 0.29) is 16.2 Å². The van der Waals surface area contributed by atoms with Gasteiger partial charge in [-0.3, -0.25) is 9.10 Å². The van der Waals surface area contributed by atoms with Gasteiger partial charge in [-0.1, -0.05) is 60.7 Å². The largest absolute Gasteiger partial charge is 0.381 e. The molecule has 1 heterocycles. The number of hydrogen-bond donors (Lipinski definition) is 1. The standard InChI is InChI=1S/C26H28N2O4S/c1-28(33(30,31)22-12-6-3-7-13-22)24-15-9-8-14-23(24)25(29)27-20-26(16-18-32-19-17-26)21-10-4-2-5-11-21/h2-15H,16-20H2,1H3,(H,27,29). The predicted octanol–water partition coefficient (Wildman–Crippen LogP) is 3.99. The Bertz CT molecular complexity index is 1190. The summed E-state index contributed by atoms with van der Waals surface area (Å²) >= 11 is 0. The van der Waals surface area contributed by atoms with Crippen LogP contribution in [0.4, 0.5) is 5.69 Å². The molecule has 0 atom stereocenters. The molecule has 1 saturated heterocycles. The number of nitrogens with one attached hydrogen (secondary N) is 1. The first-order chi connectivity index (χ1) is 15.9. The molecular weight excluding hydrogens is 436 g/mol. The Balaban J connectivity index is 1.58. The van der Waals surface area contributed by atoms with Gasteiger partial charge in [-0.05, 0) is 42.7 Å². The maximum Gasteiger partial charge on any atom is 0.264 e. The Kier molecular flexibility index (Phi) is 6.81. The fraction of sp³-hybridized carbons (Fsp3) is 0.269. The third-order valence-electron chi connectivity index (χ3n) is 6.31. The number of sulfonamides is 1. The van der Waals surface area contributed by atoms with Gasteiger partial charge in [-0.25, -0.2) is 8.42 Å². The summed E-state index contributed by atoms with van der Waals surface area (Å²) in [7, 11) is -2.33. The lowest BCUT2D eigenvalue weighted by Crippen LogP contribution is -2.44. The molecule has 0 unspecified atom stereocenters. The Hall–Kier alpha value is -3.16. The summed E-state index contributed by atoms with van der Waals surface area (Å²) in [5, 5.41) is 3.08. The van der Waals surface area contributed by atoms with E-state index in [1.807, 2.05) is 18.2 Å². The van der Waals surface area contributed by atoms with E-state index in [1.165, 1.54) is 16.9 Å². The molecule has 1 N–H and O–H groups in total. The molecule has 0 bridgehead atoms. The minimum absolute atomic E-state index is 0.174. The van der Waals surface area contributed by atoms with Gasteiger partial charge in [0.1, 0.15) is 0 Å². The fourth-order valence-corrected chi connectivity index (χ4v) is 5.52. The number of para-hydroxylation sites is 1. The number of ether oxygens (including phenoxy) is 1. The number of hydrogen-bond acceptors (Lipinski definition) is 4. The molecule has 7 heteroatoms. The average molecular weight is 465 g/mol. The fourth-order valence-electron chi connectivity index (χ4n) is 4.29. The van der Waals surface area contributed by atoms with Crippen LogP contribution in [0.5, 0.6) is 0 Å². The Labute approximate surface area is 195 Å². The molecule has 1 fully saturated rings. The van der Waals surface area contributed by atoms with E-state index in [0.717, 1.165) is 12.8 Å². The van der Waals surface area contributed by atoms with Gasteiger partial charge in [0, 0.05) is 32.2 Å². The second kappa shape index (κ2) is 9.77. The summed E-state index contributed by atoms with van der Waals surface area (Å²) in [6, 6.07) is 25.2. The van der Waals surface area contributed by atoms with Crippen LogP contribution < -0.4 is 9.62 Å². The Morgan fingerprint density at radius 3 is 2.15 bits per heavy atom. The van der Waals surface area contributed by atoms with Crippen LogP contribution in [0, 0.1) is 0 Å². The van der Waals surface area contributed by atoms with Gasteiger partial charge in [0.05, 0.1) is 16.1 Å². The number of carbonyl (C=O) groups is 1. The van der Waals surface area contributed by atoms with Crippen LogP contribution in [-0.4, -0.2) is 41.1 Å². The molecule has 33 heavy (non-hydrogen) atoms. The first-order valence-corrected chi connectivity index (χ1v) is 12.4. The molecule has 4 rings (SSSR count). The Morgan fingerprint density at radius 2 is 1.48 bits per heavy atom. The summed E-state index contributed by atoms with van der Waals surface area (Å²) in [5.74, 6) is -0.303. The molecule has 1 aliphatic heterocycles. The predicted molar refractivity (Wildman–Crippen MR) is 129 cm³/mol. The van der Waals surface area contributed by atoms with Crippen molar-refractivity contribution in [2.75, 3.05) is 31.1 Å². The van der Waals surface area contributed by atoms with Crippen LogP contribution in [0.2, 0.25) is 0 Å². The van der Waals surface area contributed by atoms with Gasteiger partial charge in [0.15, 0.2) is 0 Å². The highest BCUT2D eigenvalue weighted by Crippen LogP contribution is 2.34. The average Bonchev–Trinajstić information content (AvgIpc) is 2.88. The lowest BCUT2D eigenvalue weighted by molar-refractivity contribution is 0.0487. The number of benzene rings is 3. The summed E-state index contributed by atoms with van der Waals surface area (Å²) < 4.78 is 33.0. The molecule has 0 saturated carbocycles.